The van der Waals surface area contributed by atoms with Crippen LogP contribution >= 0.6 is 0 Å². The Morgan fingerprint density at radius 2 is 2.00 bits per heavy atom. The summed E-state index contributed by atoms with van der Waals surface area (Å²) in [4.78, 5) is 2.03. The van der Waals surface area contributed by atoms with E-state index in [1.54, 1.807) is 6.07 Å². The zero-order chi connectivity index (χ0) is 13.3. The lowest BCUT2D eigenvalue weighted by molar-refractivity contribution is 0.186. The minimum Gasteiger partial charge on any atom is -0.319 e. The molecule has 2 rings (SSSR count). The van der Waals surface area contributed by atoms with E-state index in [4.69, 9.17) is 0 Å². The lowest BCUT2D eigenvalue weighted by Crippen LogP contribution is -2.35. The molecule has 1 saturated carbocycles. The lowest BCUT2D eigenvalue weighted by Gasteiger charge is -2.33. The van der Waals surface area contributed by atoms with Gasteiger partial charge >= 0.3 is 0 Å². The van der Waals surface area contributed by atoms with Gasteiger partial charge in [0.05, 0.1) is 0 Å². The number of rotatable bonds is 5. The van der Waals surface area contributed by atoms with Gasteiger partial charge in [-0.25, -0.2) is 8.78 Å². The molecule has 0 heterocycles. The second kappa shape index (κ2) is 4.94. The van der Waals surface area contributed by atoms with Gasteiger partial charge in [0.15, 0.2) is 0 Å². The molecule has 1 fully saturated rings. The number of hydrogen-bond donors (Lipinski definition) is 1. The average molecular weight is 254 g/mol. The molecular formula is C14H20F2N2. The highest BCUT2D eigenvalue weighted by molar-refractivity contribution is 5.27. The van der Waals surface area contributed by atoms with E-state index in [0.29, 0.717) is 5.56 Å². The first kappa shape index (κ1) is 13.4. The average Bonchev–Trinajstić information content (AvgIpc) is 3.03. The van der Waals surface area contributed by atoms with Crippen LogP contribution in [0.3, 0.4) is 0 Å². The Bertz CT molecular complexity index is 428. The van der Waals surface area contributed by atoms with E-state index in [0.717, 1.165) is 25.5 Å². The Morgan fingerprint density at radius 3 is 2.44 bits per heavy atom. The molecule has 100 valence electrons. The fourth-order valence-corrected chi connectivity index (χ4v) is 2.94. The summed E-state index contributed by atoms with van der Waals surface area (Å²) in [5, 5.41) is 3.18. The topological polar surface area (TPSA) is 15.3 Å². The van der Waals surface area contributed by atoms with Crippen LogP contribution in [0.5, 0.6) is 0 Å². The van der Waals surface area contributed by atoms with E-state index in [1.807, 2.05) is 26.0 Å². The standard InChI is InChI=1S/C14H20F2N2/c1-17-9-14(6-7-14)13(18(2)3)11-5-4-10(15)8-12(11)16/h4-5,8,13,17H,6-7,9H2,1-3H3. The van der Waals surface area contributed by atoms with E-state index < -0.39 is 11.6 Å². The first-order valence-electron chi connectivity index (χ1n) is 6.26. The van der Waals surface area contributed by atoms with Crippen molar-refractivity contribution < 1.29 is 8.78 Å². The van der Waals surface area contributed by atoms with Crippen molar-refractivity contribution in [3.8, 4) is 0 Å². The second-order valence-corrected chi connectivity index (χ2v) is 5.42. The van der Waals surface area contributed by atoms with Crippen molar-refractivity contribution in [2.45, 2.75) is 18.9 Å². The highest BCUT2D eigenvalue weighted by Gasteiger charge is 2.50. The van der Waals surface area contributed by atoms with Crippen molar-refractivity contribution >= 4 is 0 Å². The fourth-order valence-electron chi connectivity index (χ4n) is 2.94. The summed E-state index contributed by atoms with van der Waals surface area (Å²) in [6.07, 6.45) is 2.15. The van der Waals surface area contributed by atoms with Gasteiger partial charge in [-0.3, -0.25) is 0 Å². The van der Waals surface area contributed by atoms with Crippen molar-refractivity contribution in [2.75, 3.05) is 27.7 Å². The molecule has 4 heteroatoms. The van der Waals surface area contributed by atoms with Crippen LogP contribution in [-0.2, 0) is 0 Å². The van der Waals surface area contributed by atoms with Gasteiger partial charge in [-0.1, -0.05) is 6.07 Å². The van der Waals surface area contributed by atoms with Gasteiger partial charge in [0.1, 0.15) is 11.6 Å². The van der Waals surface area contributed by atoms with E-state index in [2.05, 4.69) is 5.32 Å². The molecule has 0 radical (unpaired) electrons. The fraction of sp³-hybridized carbons (Fsp3) is 0.571. The van der Waals surface area contributed by atoms with Crippen LogP contribution in [0, 0.1) is 17.0 Å². The van der Waals surface area contributed by atoms with Crippen LogP contribution in [0.15, 0.2) is 18.2 Å². The number of nitrogens with zero attached hydrogens (tertiary/aromatic N) is 1. The Balaban J connectivity index is 2.36. The summed E-state index contributed by atoms with van der Waals surface area (Å²) in [5.74, 6) is -0.969. The maximum absolute atomic E-state index is 14.0. The zero-order valence-electron chi connectivity index (χ0n) is 11.1. The third-order valence-corrected chi connectivity index (χ3v) is 3.77. The summed E-state index contributed by atoms with van der Waals surface area (Å²) in [5.41, 5.74) is 0.672. The maximum atomic E-state index is 14.0. The molecule has 0 aromatic heterocycles. The maximum Gasteiger partial charge on any atom is 0.130 e. The quantitative estimate of drug-likeness (QED) is 0.868. The predicted molar refractivity (Wildman–Crippen MR) is 68.4 cm³/mol. The Hall–Kier alpha value is -1.00. The molecular weight excluding hydrogens is 234 g/mol. The van der Waals surface area contributed by atoms with E-state index in [1.165, 1.54) is 6.07 Å². The highest BCUT2D eigenvalue weighted by Crippen LogP contribution is 2.56. The molecule has 1 aliphatic carbocycles. The summed E-state index contributed by atoms with van der Waals surface area (Å²) in [6, 6.07) is 3.88. The molecule has 1 unspecified atom stereocenters. The summed E-state index contributed by atoms with van der Waals surface area (Å²) >= 11 is 0. The molecule has 0 aliphatic heterocycles. The van der Waals surface area contributed by atoms with Crippen molar-refractivity contribution in [3.05, 3.63) is 35.4 Å². The normalized spacial score (nSPS) is 19.0. The third-order valence-electron chi connectivity index (χ3n) is 3.77. The number of hydrogen-bond acceptors (Lipinski definition) is 2. The smallest absolute Gasteiger partial charge is 0.130 e. The van der Waals surface area contributed by atoms with E-state index in [9.17, 15) is 8.78 Å². The van der Waals surface area contributed by atoms with Gasteiger partial charge in [-0.2, -0.15) is 0 Å². The Labute approximate surface area is 107 Å². The highest BCUT2D eigenvalue weighted by atomic mass is 19.1. The van der Waals surface area contributed by atoms with Crippen LogP contribution in [0.2, 0.25) is 0 Å². The van der Waals surface area contributed by atoms with Crippen molar-refractivity contribution in [1.29, 1.82) is 0 Å². The third kappa shape index (κ3) is 2.40. The van der Waals surface area contributed by atoms with Crippen LogP contribution < -0.4 is 5.32 Å². The Morgan fingerprint density at radius 1 is 1.33 bits per heavy atom. The van der Waals surface area contributed by atoms with Crippen LogP contribution in [0.1, 0.15) is 24.4 Å². The van der Waals surface area contributed by atoms with Gasteiger partial charge in [0.25, 0.3) is 0 Å². The summed E-state index contributed by atoms with van der Waals surface area (Å²) in [6.45, 7) is 0.854. The molecule has 2 nitrogen and oxygen atoms in total. The molecule has 1 N–H and O–H groups in total. The Kier molecular flexibility index (Phi) is 3.69. The van der Waals surface area contributed by atoms with Gasteiger partial charge in [0.2, 0.25) is 0 Å². The van der Waals surface area contributed by atoms with Crippen LogP contribution in [-0.4, -0.2) is 32.6 Å². The zero-order valence-corrected chi connectivity index (χ0v) is 11.1. The molecule has 1 aromatic carbocycles. The van der Waals surface area contributed by atoms with Gasteiger partial charge in [-0.15, -0.1) is 0 Å². The van der Waals surface area contributed by atoms with Crippen molar-refractivity contribution in [2.24, 2.45) is 5.41 Å². The molecule has 1 aromatic rings. The molecule has 18 heavy (non-hydrogen) atoms. The first-order chi connectivity index (χ1) is 8.50. The van der Waals surface area contributed by atoms with E-state index >= 15 is 0 Å². The molecule has 0 saturated heterocycles. The second-order valence-electron chi connectivity index (χ2n) is 5.42. The predicted octanol–water partition coefficient (Wildman–Crippen LogP) is 2.57. The van der Waals surface area contributed by atoms with Gasteiger partial charge in [0, 0.05) is 29.6 Å². The minimum atomic E-state index is -0.521. The molecule has 0 amide bonds. The van der Waals surface area contributed by atoms with Crippen molar-refractivity contribution in [1.82, 2.24) is 10.2 Å². The van der Waals surface area contributed by atoms with Crippen molar-refractivity contribution in [3.63, 3.8) is 0 Å². The lowest BCUT2D eigenvalue weighted by atomic mass is 9.88. The number of benzene rings is 1. The first-order valence-corrected chi connectivity index (χ1v) is 6.26. The number of nitrogens with one attached hydrogen (secondary N) is 1. The monoisotopic (exact) mass is 254 g/mol. The number of halogens is 2. The largest absolute Gasteiger partial charge is 0.319 e. The van der Waals surface area contributed by atoms with Gasteiger partial charge < -0.3 is 10.2 Å². The molecule has 1 atom stereocenters. The summed E-state index contributed by atoms with van der Waals surface area (Å²) in [7, 11) is 5.81. The van der Waals surface area contributed by atoms with Crippen LogP contribution in [0.4, 0.5) is 8.78 Å². The molecule has 1 aliphatic rings. The molecule has 0 bridgehead atoms. The minimum absolute atomic E-state index is 0.00875. The van der Waals surface area contributed by atoms with Crippen LogP contribution in [0.25, 0.3) is 0 Å². The molecule has 0 spiro atoms. The SMILES string of the molecule is CNCC1(C(c2ccc(F)cc2F)N(C)C)CC1. The van der Waals surface area contributed by atoms with E-state index in [-0.39, 0.29) is 11.5 Å². The summed E-state index contributed by atoms with van der Waals surface area (Å²) < 4.78 is 27.0. The van der Waals surface area contributed by atoms with Gasteiger partial charge in [-0.05, 0) is 40.1 Å².